The van der Waals surface area contributed by atoms with E-state index in [-0.39, 0.29) is 5.82 Å². The Labute approximate surface area is 100 Å². The van der Waals surface area contributed by atoms with Crippen molar-refractivity contribution in [3.63, 3.8) is 0 Å². The van der Waals surface area contributed by atoms with E-state index in [1.165, 1.54) is 11.6 Å². The molecule has 0 radical (unpaired) electrons. The molecule has 0 atom stereocenters. The molecule has 2 aromatic rings. The third kappa shape index (κ3) is 1.72. The first-order chi connectivity index (χ1) is 8.36. The van der Waals surface area contributed by atoms with Gasteiger partial charge in [-0.05, 0) is 29.7 Å². The van der Waals surface area contributed by atoms with Crippen LogP contribution in [-0.4, -0.2) is 0 Å². The number of aryl methyl sites for hydroxylation is 1. The van der Waals surface area contributed by atoms with Crippen LogP contribution in [0.1, 0.15) is 17.5 Å². The van der Waals surface area contributed by atoms with E-state index in [0.717, 1.165) is 24.0 Å². The summed E-state index contributed by atoms with van der Waals surface area (Å²) in [5.74, 6) is 5.96. The Balaban J connectivity index is 2.36. The maximum atomic E-state index is 14.0. The highest BCUT2D eigenvalue weighted by atomic mass is 19.1. The van der Waals surface area contributed by atoms with Crippen molar-refractivity contribution >= 4 is 0 Å². The lowest BCUT2D eigenvalue weighted by molar-refractivity contribution is 0.630. The molecule has 0 aliphatic heterocycles. The summed E-state index contributed by atoms with van der Waals surface area (Å²) in [5, 5.41) is 0. The van der Waals surface area contributed by atoms with Crippen molar-refractivity contribution in [3.05, 3.63) is 59.4 Å². The normalized spacial score (nSPS) is 12.5. The van der Waals surface area contributed by atoms with Crippen molar-refractivity contribution in [2.75, 3.05) is 0 Å². The Kier molecular flexibility index (Phi) is 2.42. The minimum absolute atomic E-state index is 0.189. The van der Waals surface area contributed by atoms with Crippen LogP contribution >= 0.6 is 0 Å². The fraction of sp³-hybridized carbons (Fsp3) is 0.125. The van der Waals surface area contributed by atoms with Gasteiger partial charge in [0.15, 0.2) is 0 Å². The molecule has 0 saturated carbocycles. The van der Waals surface area contributed by atoms with Gasteiger partial charge in [-0.1, -0.05) is 42.2 Å². The van der Waals surface area contributed by atoms with Crippen LogP contribution < -0.4 is 0 Å². The van der Waals surface area contributed by atoms with Gasteiger partial charge >= 0.3 is 0 Å². The molecule has 3 rings (SSSR count). The zero-order chi connectivity index (χ0) is 11.7. The monoisotopic (exact) mass is 222 g/mol. The molecule has 0 unspecified atom stereocenters. The molecule has 17 heavy (non-hydrogen) atoms. The summed E-state index contributed by atoms with van der Waals surface area (Å²) in [5.41, 5.74) is 3.59. The van der Waals surface area contributed by atoms with Crippen molar-refractivity contribution < 1.29 is 4.39 Å². The molecule has 0 spiro atoms. The highest BCUT2D eigenvalue weighted by Crippen LogP contribution is 2.31. The van der Waals surface area contributed by atoms with E-state index in [4.69, 9.17) is 0 Å². The summed E-state index contributed by atoms with van der Waals surface area (Å²) in [4.78, 5) is 0. The van der Waals surface area contributed by atoms with Gasteiger partial charge in [0.2, 0.25) is 0 Å². The van der Waals surface area contributed by atoms with Gasteiger partial charge in [0, 0.05) is 17.5 Å². The SMILES string of the molecule is Fc1cccc2c1-c1ccccc1CCC#C2. The zero-order valence-electron chi connectivity index (χ0n) is 9.33. The van der Waals surface area contributed by atoms with Crippen LogP contribution in [0.2, 0.25) is 0 Å². The van der Waals surface area contributed by atoms with E-state index in [0.29, 0.717) is 5.56 Å². The molecule has 0 aromatic heterocycles. The topological polar surface area (TPSA) is 0 Å². The lowest BCUT2D eigenvalue weighted by atomic mass is 9.91. The van der Waals surface area contributed by atoms with Gasteiger partial charge in [-0.15, -0.1) is 0 Å². The average Bonchev–Trinajstić information content (AvgIpc) is 2.32. The van der Waals surface area contributed by atoms with Gasteiger partial charge in [-0.3, -0.25) is 0 Å². The van der Waals surface area contributed by atoms with Crippen molar-refractivity contribution in [3.8, 4) is 23.0 Å². The average molecular weight is 222 g/mol. The number of fused-ring (bicyclic) bond motifs is 3. The fourth-order valence-electron chi connectivity index (χ4n) is 2.24. The van der Waals surface area contributed by atoms with Crippen molar-refractivity contribution in [2.45, 2.75) is 12.8 Å². The molecule has 0 heterocycles. The summed E-state index contributed by atoms with van der Waals surface area (Å²) in [6.45, 7) is 0. The van der Waals surface area contributed by atoms with Crippen LogP contribution in [0.25, 0.3) is 11.1 Å². The zero-order valence-corrected chi connectivity index (χ0v) is 9.33. The number of rotatable bonds is 0. The van der Waals surface area contributed by atoms with Crippen LogP contribution in [0.4, 0.5) is 4.39 Å². The van der Waals surface area contributed by atoms with Crippen molar-refractivity contribution in [1.29, 1.82) is 0 Å². The van der Waals surface area contributed by atoms with E-state index in [1.54, 1.807) is 6.07 Å². The minimum atomic E-state index is -0.189. The van der Waals surface area contributed by atoms with Crippen LogP contribution in [0, 0.1) is 17.7 Å². The van der Waals surface area contributed by atoms with Gasteiger partial charge in [0.25, 0.3) is 0 Å². The summed E-state index contributed by atoms with van der Waals surface area (Å²) in [6.07, 6.45) is 1.71. The van der Waals surface area contributed by atoms with E-state index in [2.05, 4.69) is 17.9 Å². The Bertz CT molecular complexity index is 629. The molecular formula is C16H11F. The molecule has 2 aromatic carbocycles. The highest BCUT2D eigenvalue weighted by Gasteiger charge is 2.13. The number of hydrogen-bond donors (Lipinski definition) is 0. The molecule has 1 aliphatic carbocycles. The molecule has 1 heteroatoms. The maximum absolute atomic E-state index is 14.0. The van der Waals surface area contributed by atoms with E-state index >= 15 is 0 Å². The second kappa shape index (κ2) is 4.07. The lowest BCUT2D eigenvalue weighted by Gasteiger charge is -2.13. The predicted octanol–water partition coefficient (Wildman–Crippen LogP) is 3.79. The molecular weight excluding hydrogens is 211 g/mol. The molecule has 0 fully saturated rings. The Hall–Kier alpha value is -2.07. The van der Waals surface area contributed by atoms with Gasteiger partial charge in [-0.2, -0.15) is 0 Å². The first-order valence-corrected chi connectivity index (χ1v) is 5.72. The Morgan fingerprint density at radius 3 is 2.82 bits per heavy atom. The maximum Gasteiger partial charge on any atom is 0.132 e. The van der Waals surface area contributed by atoms with Crippen molar-refractivity contribution in [1.82, 2.24) is 0 Å². The first kappa shape index (κ1) is 10.1. The van der Waals surface area contributed by atoms with E-state index < -0.39 is 0 Å². The van der Waals surface area contributed by atoms with Crippen LogP contribution in [0.15, 0.2) is 42.5 Å². The largest absolute Gasteiger partial charge is 0.206 e. The van der Waals surface area contributed by atoms with Crippen LogP contribution in [0.5, 0.6) is 0 Å². The third-order valence-electron chi connectivity index (χ3n) is 3.04. The quantitative estimate of drug-likeness (QED) is 0.595. The first-order valence-electron chi connectivity index (χ1n) is 5.72. The highest BCUT2D eigenvalue weighted by molar-refractivity contribution is 5.75. The number of halogens is 1. The number of hydrogen-bond acceptors (Lipinski definition) is 0. The molecule has 0 N–H and O–H groups in total. The molecule has 0 bridgehead atoms. The van der Waals surface area contributed by atoms with Crippen LogP contribution in [-0.2, 0) is 6.42 Å². The van der Waals surface area contributed by atoms with E-state index in [9.17, 15) is 4.39 Å². The fourth-order valence-corrected chi connectivity index (χ4v) is 2.24. The lowest BCUT2D eigenvalue weighted by Crippen LogP contribution is -1.97. The van der Waals surface area contributed by atoms with Crippen LogP contribution in [0.3, 0.4) is 0 Å². The number of benzene rings is 2. The standard InChI is InChI=1S/C16H11F/c17-15-11-5-9-13-8-2-1-6-12-7-3-4-10-14(12)16(13)15/h3-5,7,9-11H,1,6H2. The van der Waals surface area contributed by atoms with Gasteiger partial charge in [0.1, 0.15) is 5.82 Å². The molecule has 0 nitrogen and oxygen atoms in total. The minimum Gasteiger partial charge on any atom is -0.206 e. The van der Waals surface area contributed by atoms with Crippen molar-refractivity contribution in [2.24, 2.45) is 0 Å². The molecule has 0 saturated heterocycles. The van der Waals surface area contributed by atoms with Gasteiger partial charge in [-0.25, -0.2) is 4.39 Å². The third-order valence-corrected chi connectivity index (χ3v) is 3.04. The second-order valence-electron chi connectivity index (χ2n) is 4.12. The molecule has 0 amide bonds. The smallest absolute Gasteiger partial charge is 0.132 e. The van der Waals surface area contributed by atoms with Gasteiger partial charge < -0.3 is 0 Å². The summed E-state index contributed by atoms with van der Waals surface area (Å²) in [6, 6.07) is 13.1. The Morgan fingerprint density at radius 2 is 1.88 bits per heavy atom. The predicted molar refractivity (Wildman–Crippen MR) is 67.0 cm³/mol. The second-order valence-corrected chi connectivity index (χ2v) is 4.12. The molecule has 1 aliphatic rings. The molecule has 82 valence electrons. The van der Waals surface area contributed by atoms with E-state index in [1.807, 2.05) is 24.3 Å². The van der Waals surface area contributed by atoms with Gasteiger partial charge in [0.05, 0.1) is 0 Å². The summed E-state index contributed by atoms with van der Waals surface area (Å²) in [7, 11) is 0. The summed E-state index contributed by atoms with van der Waals surface area (Å²) >= 11 is 0. The Morgan fingerprint density at radius 1 is 1.00 bits per heavy atom. The summed E-state index contributed by atoms with van der Waals surface area (Å²) < 4.78 is 14.0.